The predicted octanol–water partition coefficient (Wildman–Crippen LogP) is 5.30. The van der Waals surface area contributed by atoms with Crippen molar-refractivity contribution in [1.82, 2.24) is 0 Å². The average Bonchev–Trinajstić information content (AvgIpc) is 3.00. The Morgan fingerprint density at radius 3 is 2.60 bits per heavy atom. The SMILES string of the molecule is CCCCC(F)C(CCC1C(OP)CC(O)C1C/C=C\CCCC(=O)O)O[Si](C)C. The van der Waals surface area contributed by atoms with Gasteiger partial charge in [-0.3, -0.25) is 4.79 Å². The number of carboxylic acids is 1. The van der Waals surface area contributed by atoms with Crippen molar-refractivity contribution in [2.75, 3.05) is 0 Å². The maximum Gasteiger partial charge on any atom is 0.303 e. The van der Waals surface area contributed by atoms with E-state index in [2.05, 4.69) is 16.4 Å². The molecule has 7 unspecified atom stereocenters. The summed E-state index contributed by atoms with van der Waals surface area (Å²) in [4.78, 5) is 10.6. The molecule has 0 aromatic heterocycles. The minimum Gasteiger partial charge on any atom is -0.481 e. The van der Waals surface area contributed by atoms with Crippen LogP contribution in [0.2, 0.25) is 13.1 Å². The summed E-state index contributed by atoms with van der Waals surface area (Å²) in [7, 11) is 1.32. The number of alkyl halides is 1. The highest BCUT2D eigenvalue weighted by Gasteiger charge is 2.42. The van der Waals surface area contributed by atoms with Crippen LogP contribution in [0.1, 0.15) is 71.1 Å². The van der Waals surface area contributed by atoms with Crippen molar-refractivity contribution in [3.05, 3.63) is 12.2 Å². The lowest BCUT2D eigenvalue weighted by Crippen LogP contribution is -2.32. The topological polar surface area (TPSA) is 76.0 Å². The number of rotatable bonds is 16. The van der Waals surface area contributed by atoms with E-state index in [0.29, 0.717) is 25.7 Å². The molecule has 2 N–H and O–H groups in total. The van der Waals surface area contributed by atoms with E-state index in [1.54, 1.807) is 0 Å². The predicted molar refractivity (Wildman–Crippen MR) is 123 cm³/mol. The number of carbonyl (C=O) groups is 1. The number of carboxylic acid groups (broad SMARTS) is 1. The highest BCUT2D eigenvalue weighted by Crippen LogP contribution is 2.41. The van der Waals surface area contributed by atoms with Crippen molar-refractivity contribution >= 4 is 24.5 Å². The fourth-order valence-corrected chi connectivity index (χ4v) is 5.52. The van der Waals surface area contributed by atoms with Gasteiger partial charge in [-0.15, -0.1) is 0 Å². The molecule has 1 aliphatic rings. The van der Waals surface area contributed by atoms with Crippen molar-refractivity contribution in [2.24, 2.45) is 11.8 Å². The lowest BCUT2D eigenvalue weighted by Gasteiger charge is -2.28. The van der Waals surface area contributed by atoms with E-state index in [0.717, 1.165) is 32.1 Å². The number of hydrogen-bond acceptors (Lipinski definition) is 4. The van der Waals surface area contributed by atoms with Crippen LogP contribution in [0.15, 0.2) is 12.2 Å². The molecule has 0 amide bonds. The average molecular weight is 464 g/mol. The van der Waals surface area contributed by atoms with E-state index in [1.165, 1.54) is 0 Å². The van der Waals surface area contributed by atoms with Gasteiger partial charge in [0.15, 0.2) is 0 Å². The molecule has 0 heterocycles. The second kappa shape index (κ2) is 15.5. The highest BCUT2D eigenvalue weighted by atomic mass is 31.0. The first-order chi connectivity index (χ1) is 14.3. The van der Waals surface area contributed by atoms with Gasteiger partial charge in [-0.05, 0) is 63.5 Å². The summed E-state index contributed by atoms with van der Waals surface area (Å²) >= 11 is 0. The van der Waals surface area contributed by atoms with Gasteiger partial charge in [0.2, 0.25) is 9.04 Å². The van der Waals surface area contributed by atoms with Gasteiger partial charge in [0.1, 0.15) is 6.17 Å². The van der Waals surface area contributed by atoms with Crippen molar-refractivity contribution in [3.8, 4) is 0 Å². The molecule has 0 spiro atoms. The second-order valence-corrected chi connectivity index (χ2v) is 10.9. The van der Waals surface area contributed by atoms with Crippen LogP contribution in [0.4, 0.5) is 4.39 Å². The molecule has 8 heteroatoms. The molecular formula is C22H41FO5PSi. The first-order valence-electron chi connectivity index (χ1n) is 11.3. The Labute approximate surface area is 185 Å². The van der Waals surface area contributed by atoms with Gasteiger partial charge >= 0.3 is 5.97 Å². The Morgan fingerprint density at radius 2 is 2.00 bits per heavy atom. The Hall–Kier alpha value is -0.333. The normalized spacial score (nSPS) is 26.5. The van der Waals surface area contributed by atoms with Gasteiger partial charge in [0, 0.05) is 22.3 Å². The van der Waals surface area contributed by atoms with Gasteiger partial charge < -0.3 is 19.2 Å². The second-order valence-electron chi connectivity index (χ2n) is 8.60. The summed E-state index contributed by atoms with van der Waals surface area (Å²) < 4.78 is 26.3. The maximum atomic E-state index is 14.8. The molecule has 5 nitrogen and oxygen atoms in total. The van der Waals surface area contributed by atoms with Crippen LogP contribution >= 0.6 is 9.47 Å². The molecule has 1 aliphatic carbocycles. The Balaban J connectivity index is 2.67. The first-order valence-corrected chi connectivity index (χ1v) is 14.2. The molecule has 30 heavy (non-hydrogen) atoms. The lowest BCUT2D eigenvalue weighted by atomic mass is 9.85. The quantitative estimate of drug-likeness (QED) is 0.141. The van der Waals surface area contributed by atoms with Gasteiger partial charge in [-0.25, -0.2) is 4.39 Å². The zero-order valence-electron chi connectivity index (χ0n) is 18.8. The minimum absolute atomic E-state index is 0.0576. The van der Waals surface area contributed by atoms with E-state index in [-0.39, 0.29) is 30.5 Å². The Kier molecular flexibility index (Phi) is 14.3. The molecule has 1 rings (SSSR count). The first kappa shape index (κ1) is 27.7. The number of hydrogen-bond donors (Lipinski definition) is 2. The highest BCUT2D eigenvalue weighted by molar-refractivity contribution is 7.09. The monoisotopic (exact) mass is 463 g/mol. The van der Waals surface area contributed by atoms with Crippen LogP contribution in [0.5, 0.6) is 0 Å². The molecule has 0 aromatic carbocycles. The van der Waals surface area contributed by atoms with Crippen LogP contribution < -0.4 is 0 Å². The van der Waals surface area contributed by atoms with E-state index < -0.39 is 27.3 Å². The molecule has 7 atom stereocenters. The summed E-state index contributed by atoms with van der Waals surface area (Å²) in [6.07, 6.45) is 8.82. The summed E-state index contributed by atoms with van der Waals surface area (Å²) in [5, 5.41) is 19.3. The number of aliphatic hydroxyl groups is 1. The minimum atomic E-state index is -0.997. The summed E-state index contributed by atoms with van der Waals surface area (Å²) in [6.45, 7) is 6.14. The standard InChI is InChI=1S/C22H41FO5PSi/c1-4-5-11-18(23)20(28-30(2)3)14-13-17-16(19(24)15-21(17)27-29)10-8-6-7-9-12-22(25)26/h6,8,16-21,24H,4-5,7,9-15,29H2,1-3H3,(H,25,26)/b8-6-. The van der Waals surface area contributed by atoms with Crippen molar-refractivity contribution < 1.29 is 28.3 Å². The maximum absolute atomic E-state index is 14.8. The third-order valence-electron chi connectivity index (χ3n) is 5.92. The number of aliphatic carboxylic acids is 1. The van der Waals surface area contributed by atoms with Gasteiger partial charge in [-0.1, -0.05) is 31.9 Å². The molecule has 1 radical (unpaired) electrons. The van der Waals surface area contributed by atoms with E-state index >= 15 is 0 Å². The smallest absolute Gasteiger partial charge is 0.303 e. The van der Waals surface area contributed by atoms with Crippen LogP contribution in [0.25, 0.3) is 0 Å². The van der Waals surface area contributed by atoms with Crippen molar-refractivity contribution in [2.45, 2.75) is 109 Å². The van der Waals surface area contributed by atoms with Crippen LogP contribution in [0, 0.1) is 11.8 Å². The number of allylic oxidation sites excluding steroid dienone is 2. The van der Waals surface area contributed by atoms with E-state index in [1.807, 2.05) is 25.2 Å². The molecule has 1 fully saturated rings. The molecule has 0 aromatic rings. The Bertz CT molecular complexity index is 508. The lowest BCUT2D eigenvalue weighted by molar-refractivity contribution is -0.137. The van der Waals surface area contributed by atoms with Crippen LogP contribution in [-0.2, 0) is 13.7 Å². The molecule has 1 saturated carbocycles. The Morgan fingerprint density at radius 1 is 1.27 bits per heavy atom. The van der Waals surface area contributed by atoms with Gasteiger partial charge in [0.05, 0.1) is 18.3 Å². The van der Waals surface area contributed by atoms with Crippen LogP contribution in [-0.4, -0.2) is 49.7 Å². The summed E-state index contributed by atoms with van der Waals surface area (Å²) in [6, 6.07) is 0. The number of halogens is 1. The zero-order chi connectivity index (χ0) is 22.5. The van der Waals surface area contributed by atoms with Crippen LogP contribution in [0.3, 0.4) is 0 Å². The third kappa shape index (κ3) is 10.3. The summed E-state index contributed by atoms with van der Waals surface area (Å²) in [5.41, 5.74) is 0. The molecule has 0 saturated heterocycles. The fourth-order valence-electron chi connectivity index (χ4n) is 4.34. The fraction of sp³-hybridized carbons (Fsp3) is 0.864. The number of aliphatic hydroxyl groups excluding tert-OH is 1. The zero-order valence-corrected chi connectivity index (χ0v) is 20.9. The van der Waals surface area contributed by atoms with Crippen molar-refractivity contribution in [1.29, 1.82) is 0 Å². The van der Waals surface area contributed by atoms with Gasteiger partial charge in [0.25, 0.3) is 0 Å². The molecule has 0 bridgehead atoms. The van der Waals surface area contributed by atoms with E-state index in [4.69, 9.17) is 14.1 Å². The van der Waals surface area contributed by atoms with E-state index in [9.17, 15) is 14.3 Å². The van der Waals surface area contributed by atoms with Gasteiger partial charge in [-0.2, -0.15) is 0 Å². The largest absolute Gasteiger partial charge is 0.481 e. The summed E-state index contributed by atoms with van der Waals surface area (Å²) in [5.74, 6) is -0.565. The molecular weight excluding hydrogens is 422 g/mol. The van der Waals surface area contributed by atoms with Crippen molar-refractivity contribution in [3.63, 3.8) is 0 Å². The molecule has 175 valence electrons. The third-order valence-corrected chi connectivity index (χ3v) is 7.04. The number of unbranched alkanes of at least 4 members (excludes halogenated alkanes) is 2. The molecule has 0 aliphatic heterocycles.